The van der Waals surface area contributed by atoms with Gasteiger partial charge in [0, 0.05) is 31.5 Å². The molecule has 1 atom stereocenters. The van der Waals surface area contributed by atoms with Crippen LogP contribution in [0, 0.1) is 0 Å². The molecule has 3 heterocycles. The molecule has 6 nitrogen and oxygen atoms in total. The number of benzene rings is 1. The van der Waals surface area contributed by atoms with Gasteiger partial charge in [-0.05, 0) is 37.1 Å². The van der Waals surface area contributed by atoms with Crippen LogP contribution in [0.3, 0.4) is 0 Å². The zero-order chi connectivity index (χ0) is 17.6. The zero-order valence-corrected chi connectivity index (χ0v) is 14.6. The first-order valence-corrected chi connectivity index (χ1v) is 8.99. The third kappa shape index (κ3) is 4.33. The first-order chi connectivity index (χ1) is 12.9. The van der Waals surface area contributed by atoms with Crippen molar-refractivity contribution >= 4 is 0 Å². The van der Waals surface area contributed by atoms with E-state index < -0.39 is 0 Å². The van der Waals surface area contributed by atoms with E-state index in [0.29, 0.717) is 18.3 Å². The molecule has 1 aromatic carbocycles. The topological polar surface area (TPSA) is 64.3 Å². The van der Waals surface area contributed by atoms with Crippen LogP contribution in [-0.4, -0.2) is 39.3 Å². The molecule has 0 bridgehead atoms. The van der Waals surface area contributed by atoms with Crippen LogP contribution in [-0.2, 0) is 17.8 Å². The van der Waals surface area contributed by atoms with E-state index >= 15 is 0 Å². The molecule has 26 heavy (non-hydrogen) atoms. The number of aromatic nitrogens is 3. The summed E-state index contributed by atoms with van der Waals surface area (Å²) in [5.74, 6) is 1.23. The molecule has 1 fully saturated rings. The highest BCUT2D eigenvalue weighted by molar-refractivity contribution is 5.51. The van der Waals surface area contributed by atoms with Crippen LogP contribution in [0.5, 0.6) is 0 Å². The predicted octanol–water partition coefficient (Wildman–Crippen LogP) is 3.31. The highest BCUT2D eigenvalue weighted by Crippen LogP contribution is 2.19. The molecule has 1 unspecified atom stereocenters. The van der Waals surface area contributed by atoms with Crippen molar-refractivity contribution in [2.75, 3.05) is 13.2 Å². The highest BCUT2D eigenvalue weighted by atomic mass is 16.5. The fraction of sp³-hybridized carbons (Fsp3) is 0.350. The van der Waals surface area contributed by atoms with E-state index in [4.69, 9.17) is 9.26 Å². The van der Waals surface area contributed by atoms with Gasteiger partial charge in [0.05, 0.1) is 18.3 Å². The minimum atomic E-state index is 0.263. The van der Waals surface area contributed by atoms with Gasteiger partial charge in [-0.2, -0.15) is 4.98 Å². The largest absolute Gasteiger partial charge is 0.377 e. The molecule has 0 amide bonds. The first-order valence-electron chi connectivity index (χ1n) is 8.99. The van der Waals surface area contributed by atoms with Gasteiger partial charge in [0.25, 0.3) is 5.89 Å². The number of pyridine rings is 1. The van der Waals surface area contributed by atoms with Crippen molar-refractivity contribution in [1.82, 2.24) is 20.0 Å². The van der Waals surface area contributed by atoms with Crippen LogP contribution in [0.1, 0.15) is 24.4 Å². The molecular weight excluding hydrogens is 328 g/mol. The Morgan fingerprint density at radius 2 is 1.92 bits per heavy atom. The van der Waals surface area contributed by atoms with Crippen molar-refractivity contribution in [3.05, 3.63) is 66.2 Å². The van der Waals surface area contributed by atoms with Crippen molar-refractivity contribution in [1.29, 1.82) is 0 Å². The normalized spacial score (nSPS) is 17.0. The summed E-state index contributed by atoms with van der Waals surface area (Å²) in [6, 6.07) is 15.8. The van der Waals surface area contributed by atoms with Crippen molar-refractivity contribution in [2.24, 2.45) is 0 Å². The quantitative estimate of drug-likeness (QED) is 0.651. The van der Waals surface area contributed by atoms with Gasteiger partial charge < -0.3 is 9.26 Å². The Balaban J connectivity index is 1.47. The van der Waals surface area contributed by atoms with Crippen LogP contribution in [0.2, 0.25) is 0 Å². The smallest absolute Gasteiger partial charge is 0.257 e. The van der Waals surface area contributed by atoms with Crippen LogP contribution >= 0.6 is 0 Å². The minimum Gasteiger partial charge on any atom is -0.377 e. The number of nitrogens with zero attached hydrogens (tertiary/aromatic N) is 4. The monoisotopic (exact) mass is 350 g/mol. The van der Waals surface area contributed by atoms with Crippen LogP contribution in [0.4, 0.5) is 0 Å². The maximum absolute atomic E-state index is 5.81. The lowest BCUT2D eigenvalue weighted by atomic mass is 10.2. The standard InChI is InChI=1S/C20H22N4O2/c1-2-7-16(8-3-1)20-22-19(23-26-20)15-24(14-18-10-6-12-25-18)13-17-9-4-5-11-21-17/h1-5,7-9,11,18H,6,10,12-15H2. The van der Waals surface area contributed by atoms with Gasteiger partial charge in [-0.3, -0.25) is 9.88 Å². The van der Waals surface area contributed by atoms with E-state index in [1.807, 2.05) is 54.7 Å². The Kier molecular flexibility index (Phi) is 5.33. The number of rotatable bonds is 7. The van der Waals surface area contributed by atoms with E-state index in [2.05, 4.69) is 20.0 Å². The lowest BCUT2D eigenvalue weighted by Crippen LogP contribution is -2.32. The molecule has 134 valence electrons. The molecular formula is C20H22N4O2. The third-order valence-corrected chi connectivity index (χ3v) is 4.45. The summed E-state index contributed by atoms with van der Waals surface area (Å²) in [5, 5.41) is 4.16. The van der Waals surface area contributed by atoms with Gasteiger partial charge in [-0.1, -0.05) is 29.4 Å². The average molecular weight is 350 g/mol. The van der Waals surface area contributed by atoms with Gasteiger partial charge >= 0.3 is 0 Å². The van der Waals surface area contributed by atoms with E-state index in [-0.39, 0.29) is 6.10 Å². The molecule has 1 aliphatic rings. The fourth-order valence-corrected chi connectivity index (χ4v) is 3.20. The number of hydrogen-bond donors (Lipinski definition) is 0. The fourth-order valence-electron chi connectivity index (χ4n) is 3.20. The molecule has 1 aliphatic heterocycles. The maximum Gasteiger partial charge on any atom is 0.257 e. The van der Waals surface area contributed by atoms with E-state index in [9.17, 15) is 0 Å². The summed E-state index contributed by atoms with van der Waals surface area (Å²) in [7, 11) is 0. The van der Waals surface area contributed by atoms with Crippen molar-refractivity contribution in [3.8, 4) is 11.5 Å². The summed E-state index contributed by atoms with van der Waals surface area (Å²) in [6.45, 7) is 3.02. The molecule has 3 aromatic rings. The summed E-state index contributed by atoms with van der Waals surface area (Å²) < 4.78 is 11.2. The summed E-state index contributed by atoms with van der Waals surface area (Å²) >= 11 is 0. The van der Waals surface area contributed by atoms with Gasteiger partial charge in [0.2, 0.25) is 0 Å². The molecule has 0 saturated carbocycles. The predicted molar refractivity (Wildman–Crippen MR) is 97.1 cm³/mol. The molecule has 1 saturated heterocycles. The Morgan fingerprint density at radius 3 is 2.69 bits per heavy atom. The second-order valence-electron chi connectivity index (χ2n) is 6.51. The van der Waals surface area contributed by atoms with Crippen molar-refractivity contribution < 1.29 is 9.26 Å². The molecule has 0 N–H and O–H groups in total. The van der Waals surface area contributed by atoms with Gasteiger partial charge in [0.1, 0.15) is 0 Å². The van der Waals surface area contributed by atoms with Crippen LogP contribution in [0.25, 0.3) is 11.5 Å². The van der Waals surface area contributed by atoms with E-state index in [1.54, 1.807) is 0 Å². The molecule has 0 aliphatic carbocycles. The SMILES string of the molecule is c1ccc(-c2nc(CN(Cc3ccccn3)CC3CCCO3)no2)cc1. The van der Waals surface area contributed by atoms with E-state index in [0.717, 1.165) is 43.8 Å². The van der Waals surface area contributed by atoms with Gasteiger partial charge in [-0.15, -0.1) is 0 Å². The summed E-state index contributed by atoms with van der Waals surface area (Å²) in [4.78, 5) is 11.3. The second kappa shape index (κ2) is 8.21. The summed E-state index contributed by atoms with van der Waals surface area (Å²) in [6.07, 6.45) is 4.31. The Morgan fingerprint density at radius 1 is 1.04 bits per heavy atom. The lowest BCUT2D eigenvalue weighted by Gasteiger charge is -2.23. The third-order valence-electron chi connectivity index (χ3n) is 4.45. The Labute approximate surface area is 152 Å². The summed E-state index contributed by atoms with van der Waals surface area (Å²) in [5.41, 5.74) is 1.96. The van der Waals surface area contributed by atoms with Gasteiger partial charge in [0.15, 0.2) is 5.82 Å². The zero-order valence-electron chi connectivity index (χ0n) is 14.6. The van der Waals surface area contributed by atoms with Crippen LogP contribution < -0.4 is 0 Å². The van der Waals surface area contributed by atoms with Crippen LogP contribution in [0.15, 0.2) is 59.3 Å². The average Bonchev–Trinajstić information content (AvgIpc) is 3.35. The molecule has 0 radical (unpaired) electrons. The molecule has 4 rings (SSSR count). The lowest BCUT2D eigenvalue weighted by molar-refractivity contribution is 0.0663. The highest BCUT2D eigenvalue weighted by Gasteiger charge is 2.21. The number of hydrogen-bond acceptors (Lipinski definition) is 6. The Bertz CT molecular complexity index is 801. The first kappa shape index (κ1) is 16.9. The van der Waals surface area contributed by atoms with Crippen molar-refractivity contribution in [2.45, 2.75) is 32.0 Å². The maximum atomic E-state index is 5.81. The van der Waals surface area contributed by atoms with E-state index in [1.165, 1.54) is 0 Å². The van der Waals surface area contributed by atoms with Gasteiger partial charge in [-0.25, -0.2) is 0 Å². The molecule has 6 heteroatoms. The Hall–Kier alpha value is -2.57. The number of ether oxygens (including phenoxy) is 1. The van der Waals surface area contributed by atoms with Crippen molar-refractivity contribution in [3.63, 3.8) is 0 Å². The minimum absolute atomic E-state index is 0.263. The molecule has 0 spiro atoms. The molecule has 2 aromatic heterocycles. The second-order valence-corrected chi connectivity index (χ2v) is 6.51.